The molecular weight excluding hydrogens is 260 g/mol. The normalized spacial score (nSPS) is 12.2. The summed E-state index contributed by atoms with van der Waals surface area (Å²) < 4.78 is 0. The molecule has 110 valence electrons. The number of carbonyl (C=O) groups excluding carboxylic acids is 1. The number of carbonyl (C=O) groups is 2. The zero-order chi connectivity index (χ0) is 15.0. The van der Waals surface area contributed by atoms with Crippen molar-refractivity contribution in [3.8, 4) is 0 Å². The molecule has 0 bridgehead atoms. The summed E-state index contributed by atoms with van der Waals surface area (Å²) in [6.07, 6.45) is -0.327. The third kappa shape index (κ3) is 4.64. The molecule has 0 radical (unpaired) electrons. The molecule has 0 aliphatic heterocycles. The van der Waals surface area contributed by atoms with Crippen molar-refractivity contribution in [2.24, 2.45) is 0 Å². The number of aliphatic hydroxyl groups is 1. The minimum Gasteiger partial charge on any atom is -0.464 e. The number of hydrazine groups is 1. The van der Waals surface area contributed by atoms with Crippen molar-refractivity contribution in [2.75, 3.05) is 13.2 Å². The minimum atomic E-state index is -1.14. The Hall–Kier alpha value is -1.92. The molecule has 0 aromatic heterocycles. The Morgan fingerprint density at radius 3 is 2.50 bits per heavy atom. The predicted molar refractivity (Wildman–Crippen MR) is 73.9 cm³/mol. The van der Waals surface area contributed by atoms with Crippen molar-refractivity contribution in [2.45, 2.75) is 25.9 Å². The molecule has 2 N–H and O–H groups in total. The lowest BCUT2D eigenvalue weighted by Crippen LogP contribution is -2.51. The highest BCUT2D eigenvalue weighted by molar-refractivity contribution is 5.65. The van der Waals surface area contributed by atoms with Gasteiger partial charge in [-0.1, -0.05) is 30.3 Å². The number of benzene rings is 1. The first-order valence-electron chi connectivity index (χ1n) is 6.45. The first-order valence-corrected chi connectivity index (χ1v) is 6.45. The minimum absolute atomic E-state index is 0.114. The number of hydrogen-bond donors (Lipinski definition) is 2. The molecule has 0 saturated heterocycles. The molecule has 6 heteroatoms. The zero-order valence-electron chi connectivity index (χ0n) is 11.5. The van der Waals surface area contributed by atoms with Crippen LogP contribution in [0.5, 0.6) is 0 Å². The highest BCUT2D eigenvalue weighted by Crippen LogP contribution is 2.12. The molecule has 0 spiro atoms. The molecule has 0 heterocycles. The van der Waals surface area contributed by atoms with Gasteiger partial charge < -0.3 is 15.0 Å². The first kappa shape index (κ1) is 16.1. The third-order valence-corrected chi connectivity index (χ3v) is 2.92. The van der Waals surface area contributed by atoms with Crippen molar-refractivity contribution in [3.05, 3.63) is 35.9 Å². The van der Waals surface area contributed by atoms with Crippen LogP contribution in [0.15, 0.2) is 30.3 Å². The van der Waals surface area contributed by atoms with Crippen LogP contribution in [-0.4, -0.2) is 51.8 Å². The number of hydrogen-bond acceptors (Lipinski definition) is 4. The average molecular weight is 280 g/mol. The van der Waals surface area contributed by atoms with E-state index >= 15 is 0 Å². The standard InChI is InChI=1S/C14H20N2O4/c1-12(7-9-17)16(14(19)20)15(8-10-18)11-13-5-3-2-4-6-13/h2-6,9,12,18H,7-8,10-11H2,1H3,(H,19,20). The van der Waals surface area contributed by atoms with Crippen LogP contribution in [0, 0.1) is 0 Å². The fourth-order valence-electron chi connectivity index (χ4n) is 2.00. The summed E-state index contributed by atoms with van der Waals surface area (Å²) in [4.78, 5) is 22.0. The number of aliphatic hydroxyl groups excluding tert-OH is 1. The monoisotopic (exact) mass is 280 g/mol. The van der Waals surface area contributed by atoms with Gasteiger partial charge in [-0.25, -0.2) is 14.8 Å². The Kier molecular flexibility index (Phi) is 6.69. The number of amides is 1. The molecule has 1 rings (SSSR count). The van der Waals surface area contributed by atoms with Gasteiger partial charge in [0.1, 0.15) is 6.29 Å². The Bertz CT molecular complexity index is 424. The van der Waals surface area contributed by atoms with E-state index in [1.165, 1.54) is 5.01 Å². The van der Waals surface area contributed by atoms with E-state index in [4.69, 9.17) is 5.11 Å². The van der Waals surface area contributed by atoms with E-state index in [9.17, 15) is 14.7 Å². The summed E-state index contributed by atoms with van der Waals surface area (Å²) in [6.45, 7) is 2.05. The summed E-state index contributed by atoms with van der Waals surface area (Å²) in [5.74, 6) is 0. The van der Waals surface area contributed by atoms with Crippen molar-refractivity contribution in [1.82, 2.24) is 10.0 Å². The molecule has 1 aromatic carbocycles. The first-order chi connectivity index (χ1) is 9.60. The van der Waals surface area contributed by atoms with E-state index in [0.29, 0.717) is 12.8 Å². The molecule has 0 aliphatic rings. The maximum atomic E-state index is 11.4. The maximum Gasteiger partial charge on any atom is 0.422 e. The van der Waals surface area contributed by atoms with Crippen LogP contribution >= 0.6 is 0 Å². The molecular formula is C14H20N2O4. The molecule has 1 aromatic rings. The van der Waals surface area contributed by atoms with Gasteiger partial charge in [-0.15, -0.1) is 0 Å². The van der Waals surface area contributed by atoms with Crippen molar-refractivity contribution >= 4 is 12.4 Å². The smallest absolute Gasteiger partial charge is 0.422 e. The molecule has 20 heavy (non-hydrogen) atoms. The second-order valence-electron chi connectivity index (χ2n) is 4.48. The van der Waals surface area contributed by atoms with Gasteiger partial charge >= 0.3 is 6.09 Å². The van der Waals surface area contributed by atoms with Gasteiger partial charge in [0.05, 0.1) is 12.6 Å². The lowest BCUT2D eigenvalue weighted by atomic mass is 10.2. The summed E-state index contributed by atoms with van der Waals surface area (Å²) >= 11 is 0. The van der Waals surface area contributed by atoms with Crippen molar-refractivity contribution < 1.29 is 19.8 Å². The van der Waals surface area contributed by atoms with E-state index in [1.54, 1.807) is 6.92 Å². The molecule has 0 saturated carbocycles. The van der Waals surface area contributed by atoms with Crippen molar-refractivity contribution in [1.29, 1.82) is 0 Å². The molecule has 0 fully saturated rings. The van der Waals surface area contributed by atoms with E-state index < -0.39 is 12.1 Å². The highest BCUT2D eigenvalue weighted by Gasteiger charge is 2.25. The van der Waals surface area contributed by atoms with Crippen LogP contribution < -0.4 is 0 Å². The Morgan fingerprint density at radius 1 is 1.35 bits per heavy atom. The van der Waals surface area contributed by atoms with Gasteiger partial charge in [-0.05, 0) is 12.5 Å². The second-order valence-corrected chi connectivity index (χ2v) is 4.48. The Balaban J connectivity index is 2.89. The zero-order valence-corrected chi connectivity index (χ0v) is 11.5. The van der Waals surface area contributed by atoms with Crippen LogP contribution in [0.4, 0.5) is 4.79 Å². The Labute approximate surface area is 118 Å². The van der Waals surface area contributed by atoms with E-state index in [2.05, 4.69) is 0 Å². The summed E-state index contributed by atoms with van der Waals surface area (Å²) in [5, 5.41) is 21.1. The maximum absolute atomic E-state index is 11.4. The lowest BCUT2D eigenvalue weighted by Gasteiger charge is -2.36. The van der Waals surface area contributed by atoms with Gasteiger partial charge in [0.15, 0.2) is 0 Å². The van der Waals surface area contributed by atoms with Gasteiger partial charge in [0.25, 0.3) is 0 Å². The summed E-state index contributed by atoms with van der Waals surface area (Å²) in [7, 11) is 0. The molecule has 6 nitrogen and oxygen atoms in total. The van der Waals surface area contributed by atoms with Crippen LogP contribution in [0.1, 0.15) is 18.9 Å². The van der Waals surface area contributed by atoms with E-state index in [0.717, 1.165) is 10.6 Å². The Morgan fingerprint density at radius 2 is 2.00 bits per heavy atom. The van der Waals surface area contributed by atoms with E-state index in [-0.39, 0.29) is 19.6 Å². The molecule has 1 amide bonds. The summed E-state index contributed by atoms with van der Waals surface area (Å²) in [5.41, 5.74) is 0.936. The fraction of sp³-hybridized carbons (Fsp3) is 0.429. The van der Waals surface area contributed by atoms with Gasteiger partial charge in [0.2, 0.25) is 0 Å². The second kappa shape index (κ2) is 8.29. The highest BCUT2D eigenvalue weighted by atomic mass is 16.4. The number of carboxylic acid groups (broad SMARTS) is 1. The molecule has 1 atom stereocenters. The van der Waals surface area contributed by atoms with Crippen LogP contribution in [-0.2, 0) is 11.3 Å². The largest absolute Gasteiger partial charge is 0.464 e. The fourth-order valence-corrected chi connectivity index (χ4v) is 2.00. The number of rotatable bonds is 8. The van der Waals surface area contributed by atoms with Crippen LogP contribution in [0.25, 0.3) is 0 Å². The number of nitrogens with zero attached hydrogens (tertiary/aromatic N) is 2. The topological polar surface area (TPSA) is 81.1 Å². The molecule has 0 aliphatic carbocycles. The quantitative estimate of drug-likeness (QED) is 0.555. The lowest BCUT2D eigenvalue weighted by molar-refractivity contribution is -0.111. The van der Waals surface area contributed by atoms with Gasteiger partial charge in [0, 0.05) is 19.5 Å². The summed E-state index contributed by atoms with van der Waals surface area (Å²) in [6, 6.07) is 8.91. The number of aldehydes is 1. The van der Waals surface area contributed by atoms with Crippen molar-refractivity contribution in [3.63, 3.8) is 0 Å². The average Bonchev–Trinajstić information content (AvgIpc) is 2.40. The van der Waals surface area contributed by atoms with Gasteiger partial charge in [-0.2, -0.15) is 0 Å². The van der Waals surface area contributed by atoms with Crippen LogP contribution in [0.3, 0.4) is 0 Å². The van der Waals surface area contributed by atoms with Gasteiger partial charge in [-0.3, -0.25) is 0 Å². The SMILES string of the molecule is CC(CC=O)N(C(=O)O)N(CCO)Cc1ccccc1. The predicted octanol–water partition coefficient (Wildman–Crippen LogP) is 1.35. The van der Waals surface area contributed by atoms with Crippen LogP contribution in [0.2, 0.25) is 0 Å². The van der Waals surface area contributed by atoms with E-state index in [1.807, 2.05) is 30.3 Å². The molecule has 1 unspecified atom stereocenters. The third-order valence-electron chi connectivity index (χ3n) is 2.92.